The number of imidazole rings is 1. The van der Waals surface area contributed by atoms with Crippen molar-refractivity contribution in [2.24, 2.45) is 7.05 Å². The highest BCUT2D eigenvalue weighted by atomic mass is 19.1. The zero-order valence-electron chi connectivity index (χ0n) is 21.1. The molecule has 4 aromatic rings. The highest BCUT2D eigenvalue weighted by Crippen LogP contribution is 2.36. The molecular weight excluding hydrogens is 459 g/mol. The van der Waals surface area contributed by atoms with Crippen molar-refractivity contribution in [3.8, 4) is 11.1 Å². The van der Waals surface area contributed by atoms with Crippen molar-refractivity contribution in [3.05, 3.63) is 53.0 Å². The van der Waals surface area contributed by atoms with Crippen LogP contribution in [0.4, 0.5) is 10.2 Å². The van der Waals surface area contributed by atoms with Gasteiger partial charge in [0.2, 0.25) is 0 Å². The van der Waals surface area contributed by atoms with Crippen LogP contribution >= 0.6 is 0 Å². The second kappa shape index (κ2) is 8.67. The lowest BCUT2D eigenvalue weighted by molar-refractivity contribution is 0.106. The molecule has 0 amide bonds. The van der Waals surface area contributed by atoms with Crippen molar-refractivity contribution in [2.45, 2.75) is 37.5 Å². The van der Waals surface area contributed by atoms with Crippen LogP contribution in [0, 0.1) is 5.82 Å². The lowest BCUT2D eigenvalue weighted by atomic mass is 10.0. The van der Waals surface area contributed by atoms with E-state index in [-0.39, 0.29) is 23.7 Å². The third-order valence-corrected chi connectivity index (χ3v) is 8.04. The van der Waals surface area contributed by atoms with Crippen LogP contribution in [0.15, 0.2) is 41.5 Å². The molecule has 4 heterocycles. The SMILES string of the molecule is CO[C@@H]1CC[C@@H](n2c(=O)n(C)c3cnc4cc(F)c(-c5ccc(N6CC(N(C)C)C6)nc5)cc4c32)C1. The fourth-order valence-corrected chi connectivity index (χ4v) is 5.68. The highest BCUT2D eigenvalue weighted by Gasteiger charge is 2.31. The van der Waals surface area contributed by atoms with Gasteiger partial charge in [-0.2, -0.15) is 0 Å². The number of nitrogens with zero attached hydrogens (tertiary/aromatic N) is 6. The summed E-state index contributed by atoms with van der Waals surface area (Å²) in [6.45, 7) is 1.87. The quantitative estimate of drug-likeness (QED) is 0.426. The molecular formula is C27H31FN6O2. The van der Waals surface area contributed by atoms with Crippen molar-refractivity contribution in [1.82, 2.24) is 24.0 Å². The molecule has 1 aliphatic heterocycles. The molecule has 1 saturated carbocycles. The van der Waals surface area contributed by atoms with Crippen molar-refractivity contribution < 1.29 is 9.13 Å². The molecule has 0 N–H and O–H groups in total. The molecule has 9 heteroatoms. The number of likely N-dealkylation sites (N-methyl/N-ethyl adjacent to an activating group) is 1. The first-order valence-corrected chi connectivity index (χ1v) is 12.5. The first-order valence-electron chi connectivity index (χ1n) is 12.5. The van der Waals surface area contributed by atoms with E-state index in [1.807, 2.05) is 22.8 Å². The van der Waals surface area contributed by atoms with Gasteiger partial charge in [0.05, 0.1) is 28.9 Å². The Labute approximate surface area is 208 Å². The van der Waals surface area contributed by atoms with Gasteiger partial charge in [-0.05, 0) is 51.6 Å². The molecule has 2 aliphatic rings. The highest BCUT2D eigenvalue weighted by molar-refractivity contribution is 6.04. The predicted molar refractivity (Wildman–Crippen MR) is 139 cm³/mol. The minimum absolute atomic E-state index is 0.0359. The van der Waals surface area contributed by atoms with E-state index in [0.29, 0.717) is 22.7 Å². The van der Waals surface area contributed by atoms with Gasteiger partial charge >= 0.3 is 5.69 Å². The van der Waals surface area contributed by atoms with E-state index in [9.17, 15) is 4.79 Å². The monoisotopic (exact) mass is 490 g/mol. The van der Waals surface area contributed by atoms with E-state index in [0.717, 1.165) is 54.6 Å². The Balaban J connectivity index is 1.43. The van der Waals surface area contributed by atoms with Crippen molar-refractivity contribution in [2.75, 3.05) is 39.2 Å². The van der Waals surface area contributed by atoms with Crippen molar-refractivity contribution in [3.63, 3.8) is 0 Å². The Kier molecular flexibility index (Phi) is 5.57. The minimum atomic E-state index is -0.356. The summed E-state index contributed by atoms with van der Waals surface area (Å²) >= 11 is 0. The Bertz CT molecular complexity index is 1500. The molecule has 1 aromatic carbocycles. The summed E-state index contributed by atoms with van der Waals surface area (Å²) in [6, 6.07) is 7.72. The number of pyridine rings is 2. The third-order valence-electron chi connectivity index (χ3n) is 8.04. The summed E-state index contributed by atoms with van der Waals surface area (Å²) in [5.41, 5.74) is 3.15. The maximum Gasteiger partial charge on any atom is 0.329 e. The Hall–Kier alpha value is -3.30. The Morgan fingerprint density at radius 1 is 1.11 bits per heavy atom. The van der Waals surface area contributed by atoms with Gasteiger partial charge in [-0.1, -0.05) is 0 Å². The van der Waals surface area contributed by atoms with Gasteiger partial charge in [0, 0.05) is 68.1 Å². The second-order valence-corrected chi connectivity index (χ2v) is 10.3. The molecule has 3 aromatic heterocycles. The summed E-state index contributed by atoms with van der Waals surface area (Å²) in [5, 5.41) is 0.767. The van der Waals surface area contributed by atoms with E-state index in [2.05, 4.69) is 33.9 Å². The molecule has 0 bridgehead atoms. The van der Waals surface area contributed by atoms with Gasteiger partial charge in [-0.3, -0.25) is 14.1 Å². The number of hydrogen-bond acceptors (Lipinski definition) is 6. The van der Waals surface area contributed by atoms with Crippen LogP contribution in [0.5, 0.6) is 0 Å². The first kappa shape index (κ1) is 23.1. The molecule has 1 aliphatic carbocycles. The summed E-state index contributed by atoms with van der Waals surface area (Å²) in [4.78, 5) is 26.9. The summed E-state index contributed by atoms with van der Waals surface area (Å²) in [7, 11) is 7.65. The average molecular weight is 491 g/mol. The Morgan fingerprint density at radius 2 is 1.92 bits per heavy atom. The third kappa shape index (κ3) is 3.60. The van der Waals surface area contributed by atoms with Gasteiger partial charge in [-0.25, -0.2) is 14.2 Å². The molecule has 0 radical (unpaired) electrons. The minimum Gasteiger partial charge on any atom is -0.381 e. The molecule has 0 spiro atoms. The molecule has 8 nitrogen and oxygen atoms in total. The molecule has 2 atom stereocenters. The van der Waals surface area contributed by atoms with E-state index in [4.69, 9.17) is 4.74 Å². The molecule has 188 valence electrons. The number of rotatable bonds is 5. The molecule has 2 fully saturated rings. The smallest absolute Gasteiger partial charge is 0.329 e. The number of benzene rings is 1. The maximum absolute atomic E-state index is 15.3. The van der Waals surface area contributed by atoms with Crippen LogP contribution in [0.25, 0.3) is 33.1 Å². The number of aromatic nitrogens is 4. The molecule has 1 saturated heterocycles. The number of anilines is 1. The largest absolute Gasteiger partial charge is 0.381 e. The van der Waals surface area contributed by atoms with Crippen molar-refractivity contribution >= 4 is 27.8 Å². The van der Waals surface area contributed by atoms with Crippen LogP contribution in [-0.4, -0.2) is 70.4 Å². The molecule has 6 rings (SSSR count). The van der Waals surface area contributed by atoms with Gasteiger partial charge in [0.25, 0.3) is 0 Å². The average Bonchev–Trinajstić information content (AvgIpc) is 3.40. The van der Waals surface area contributed by atoms with Crippen LogP contribution in [0.3, 0.4) is 0 Å². The normalized spacial score (nSPS) is 20.7. The van der Waals surface area contributed by atoms with E-state index < -0.39 is 0 Å². The van der Waals surface area contributed by atoms with Crippen molar-refractivity contribution in [1.29, 1.82) is 0 Å². The molecule has 0 unspecified atom stereocenters. The number of aryl methyl sites for hydroxylation is 1. The van der Waals surface area contributed by atoms with Gasteiger partial charge in [-0.15, -0.1) is 0 Å². The van der Waals surface area contributed by atoms with Crippen LogP contribution < -0.4 is 10.6 Å². The van der Waals surface area contributed by atoms with Crippen LogP contribution in [-0.2, 0) is 11.8 Å². The zero-order chi connectivity index (χ0) is 25.1. The molecule has 36 heavy (non-hydrogen) atoms. The number of halogens is 1. The number of fused-ring (bicyclic) bond motifs is 3. The zero-order valence-corrected chi connectivity index (χ0v) is 21.1. The Morgan fingerprint density at radius 3 is 2.58 bits per heavy atom. The lowest BCUT2D eigenvalue weighted by Crippen LogP contribution is -2.57. The van der Waals surface area contributed by atoms with Crippen LogP contribution in [0.1, 0.15) is 25.3 Å². The maximum atomic E-state index is 15.3. The van der Waals surface area contributed by atoms with Gasteiger partial charge in [0.15, 0.2) is 0 Å². The number of hydrogen-bond donors (Lipinski definition) is 0. The van der Waals surface area contributed by atoms with E-state index >= 15 is 4.39 Å². The summed E-state index contributed by atoms with van der Waals surface area (Å²) < 4.78 is 24.4. The van der Waals surface area contributed by atoms with Gasteiger partial charge in [0.1, 0.15) is 11.6 Å². The summed E-state index contributed by atoms with van der Waals surface area (Å²) in [6.07, 6.45) is 6.10. The standard InChI is InChI=1S/C27H31FN6O2/c1-31(2)18-14-33(15-18)25-8-5-16(12-30-25)20-10-21-23(11-22(20)28)29-13-24-26(21)34(27(35)32(24)3)17-6-7-19(9-17)36-4/h5,8,10-13,17-19H,6-7,9,14-15H2,1-4H3/t17-,19-/m1/s1. The predicted octanol–water partition coefficient (Wildman–Crippen LogP) is 3.58. The van der Waals surface area contributed by atoms with E-state index in [1.165, 1.54) is 6.07 Å². The lowest BCUT2D eigenvalue weighted by Gasteiger charge is -2.43. The first-order chi connectivity index (χ1) is 17.4. The second-order valence-electron chi connectivity index (χ2n) is 10.3. The topological polar surface area (TPSA) is 68.4 Å². The summed E-state index contributed by atoms with van der Waals surface area (Å²) in [5.74, 6) is 0.540. The van der Waals surface area contributed by atoms with E-state index in [1.54, 1.807) is 31.1 Å². The van der Waals surface area contributed by atoms with Gasteiger partial charge < -0.3 is 14.5 Å². The fraction of sp³-hybridized carbons (Fsp3) is 0.444. The fourth-order valence-electron chi connectivity index (χ4n) is 5.68. The number of methoxy groups -OCH3 is 1. The van der Waals surface area contributed by atoms with Crippen LogP contribution in [0.2, 0.25) is 0 Å². The number of ether oxygens (including phenoxy) is 1.